The fourth-order valence-electron chi connectivity index (χ4n) is 1.62. The molecule has 0 bridgehead atoms. The van der Waals surface area contributed by atoms with E-state index in [0.717, 1.165) is 12.0 Å². The Morgan fingerprint density at radius 2 is 2.00 bits per heavy atom. The fourth-order valence-corrected chi connectivity index (χ4v) is 1.62. The average molecular weight is 222 g/mol. The Morgan fingerprint density at radius 1 is 1.44 bits per heavy atom. The van der Waals surface area contributed by atoms with Crippen LogP contribution < -0.4 is 11.1 Å². The van der Waals surface area contributed by atoms with Crippen LogP contribution in [-0.4, -0.2) is 17.2 Å². The summed E-state index contributed by atoms with van der Waals surface area (Å²) < 4.78 is 0. The summed E-state index contributed by atoms with van der Waals surface area (Å²) >= 11 is 0. The summed E-state index contributed by atoms with van der Waals surface area (Å²) in [5, 5.41) is 12.3. The van der Waals surface area contributed by atoms with Crippen molar-refractivity contribution in [2.24, 2.45) is 5.73 Å². The van der Waals surface area contributed by atoms with Crippen molar-refractivity contribution >= 4 is 5.91 Å². The number of nitrogens with two attached hydrogens (primary N) is 1. The maximum absolute atomic E-state index is 10.9. The molecule has 4 heteroatoms. The third-order valence-electron chi connectivity index (χ3n) is 2.45. The molecule has 2 atom stereocenters. The molecule has 0 aliphatic rings. The lowest BCUT2D eigenvalue weighted by Gasteiger charge is -2.19. The van der Waals surface area contributed by atoms with Crippen LogP contribution in [0.4, 0.5) is 0 Å². The number of benzene rings is 1. The van der Waals surface area contributed by atoms with Crippen molar-refractivity contribution in [2.45, 2.75) is 32.5 Å². The van der Waals surface area contributed by atoms with Gasteiger partial charge in [-0.1, -0.05) is 19.1 Å². The molecule has 0 aliphatic carbocycles. The van der Waals surface area contributed by atoms with Crippen LogP contribution >= 0.6 is 0 Å². The van der Waals surface area contributed by atoms with Crippen LogP contribution in [0.2, 0.25) is 0 Å². The average Bonchev–Trinajstić information content (AvgIpc) is 2.25. The molecule has 1 aromatic carbocycles. The number of aliphatic hydroxyl groups is 1. The Hall–Kier alpha value is -1.39. The van der Waals surface area contributed by atoms with E-state index in [1.807, 2.05) is 19.1 Å². The highest BCUT2D eigenvalue weighted by Crippen LogP contribution is 2.17. The summed E-state index contributed by atoms with van der Waals surface area (Å²) in [7, 11) is 0. The number of hydrogen-bond donors (Lipinski definition) is 3. The van der Waals surface area contributed by atoms with Crippen LogP contribution in [0.5, 0.6) is 0 Å². The van der Waals surface area contributed by atoms with E-state index in [1.165, 1.54) is 0 Å². The van der Waals surface area contributed by atoms with Gasteiger partial charge in [0, 0.05) is 11.6 Å². The normalized spacial score (nSPS) is 14.4. The maximum atomic E-state index is 10.9. The molecule has 0 aliphatic heterocycles. The van der Waals surface area contributed by atoms with Gasteiger partial charge in [-0.3, -0.25) is 10.1 Å². The highest BCUT2D eigenvalue weighted by molar-refractivity contribution is 5.92. The van der Waals surface area contributed by atoms with E-state index in [0.29, 0.717) is 5.56 Å². The zero-order valence-electron chi connectivity index (χ0n) is 9.60. The van der Waals surface area contributed by atoms with Crippen molar-refractivity contribution in [2.75, 3.05) is 0 Å². The number of carbonyl (C=O) groups excluding carboxylic acids is 1. The molecule has 0 aromatic heterocycles. The molecule has 0 saturated heterocycles. The minimum absolute atomic E-state index is 0.0851. The molecular formula is C12H18N2O2. The molecule has 1 rings (SSSR count). The third kappa shape index (κ3) is 3.32. The van der Waals surface area contributed by atoms with E-state index in [-0.39, 0.29) is 6.04 Å². The smallest absolute Gasteiger partial charge is 0.248 e. The molecule has 16 heavy (non-hydrogen) atoms. The molecule has 0 saturated carbocycles. The second-order valence-corrected chi connectivity index (χ2v) is 3.79. The van der Waals surface area contributed by atoms with E-state index in [4.69, 9.17) is 5.73 Å². The van der Waals surface area contributed by atoms with E-state index >= 15 is 0 Å². The Labute approximate surface area is 95.5 Å². The molecule has 4 N–H and O–H groups in total. The molecule has 2 unspecified atom stereocenters. The van der Waals surface area contributed by atoms with Crippen molar-refractivity contribution in [1.29, 1.82) is 0 Å². The predicted molar refractivity (Wildman–Crippen MR) is 62.8 cm³/mol. The van der Waals surface area contributed by atoms with Gasteiger partial charge < -0.3 is 10.8 Å². The fraction of sp³-hybridized carbons (Fsp3) is 0.417. The first-order valence-electron chi connectivity index (χ1n) is 5.38. The zero-order valence-corrected chi connectivity index (χ0v) is 9.60. The second kappa shape index (κ2) is 5.63. The maximum Gasteiger partial charge on any atom is 0.248 e. The number of aliphatic hydroxyl groups excluding tert-OH is 1. The molecule has 0 radical (unpaired) electrons. The highest BCUT2D eigenvalue weighted by Gasteiger charge is 2.11. The summed E-state index contributed by atoms with van der Waals surface area (Å²) in [6.45, 7) is 3.71. The summed E-state index contributed by atoms with van der Waals surface area (Å²) in [5.74, 6) is -0.428. The van der Waals surface area contributed by atoms with Crippen LogP contribution in [0, 0.1) is 0 Å². The van der Waals surface area contributed by atoms with Gasteiger partial charge >= 0.3 is 0 Å². The van der Waals surface area contributed by atoms with Crippen molar-refractivity contribution in [3.8, 4) is 0 Å². The van der Waals surface area contributed by atoms with Gasteiger partial charge in [0.25, 0.3) is 0 Å². The molecular weight excluding hydrogens is 204 g/mol. The Kier molecular flexibility index (Phi) is 4.46. The lowest BCUT2D eigenvalue weighted by atomic mass is 10.0. The Bertz CT molecular complexity index is 347. The van der Waals surface area contributed by atoms with Gasteiger partial charge in [0.05, 0.1) is 0 Å². The standard InChI is InChI=1S/C12H18N2O2/c1-3-11(14-8(2)15)9-4-6-10(7-5-9)12(13)16/h4-8,11,14-15H,3H2,1-2H3,(H2,13,16). The van der Waals surface area contributed by atoms with Crippen molar-refractivity contribution in [3.63, 3.8) is 0 Å². The van der Waals surface area contributed by atoms with Crippen LogP contribution in [0.3, 0.4) is 0 Å². The minimum Gasteiger partial charge on any atom is -0.379 e. The third-order valence-corrected chi connectivity index (χ3v) is 2.45. The quantitative estimate of drug-likeness (QED) is 0.654. The SMILES string of the molecule is CCC(NC(C)O)c1ccc(C(N)=O)cc1. The molecule has 88 valence electrons. The van der Waals surface area contributed by atoms with Crippen LogP contribution in [0.15, 0.2) is 24.3 Å². The molecule has 1 amide bonds. The molecule has 4 nitrogen and oxygen atoms in total. The van der Waals surface area contributed by atoms with Gasteiger partial charge in [0.2, 0.25) is 5.91 Å². The predicted octanol–water partition coefficient (Wildman–Crippen LogP) is 1.16. The summed E-state index contributed by atoms with van der Waals surface area (Å²) in [4.78, 5) is 10.9. The largest absolute Gasteiger partial charge is 0.379 e. The summed E-state index contributed by atoms with van der Waals surface area (Å²) in [6, 6.07) is 7.18. The van der Waals surface area contributed by atoms with Crippen LogP contribution in [0.1, 0.15) is 42.2 Å². The van der Waals surface area contributed by atoms with E-state index in [2.05, 4.69) is 5.32 Å². The Morgan fingerprint density at radius 3 is 2.38 bits per heavy atom. The number of hydrogen-bond acceptors (Lipinski definition) is 3. The van der Waals surface area contributed by atoms with Crippen LogP contribution in [0.25, 0.3) is 0 Å². The highest BCUT2D eigenvalue weighted by atomic mass is 16.3. The first-order valence-corrected chi connectivity index (χ1v) is 5.38. The van der Waals surface area contributed by atoms with Crippen molar-refractivity contribution in [3.05, 3.63) is 35.4 Å². The first-order chi connectivity index (χ1) is 7.54. The van der Waals surface area contributed by atoms with Crippen molar-refractivity contribution < 1.29 is 9.90 Å². The monoisotopic (exact) mass is 222 g/mol. The molecule has 0 fully saturated rings. The molecule has 1 aromatic rings. The van der Waals surface area contributed by atoms with Crippen molar-refractivity contribution in [1.82, 2.24) is 5.32 Å². The first kappa shape index (κ1) is 12.7. The second-order valence-electron chi connectivity index (χ2n) is 3.79. The van der Waals surface area contributed by atoms with E-state index in [9.17, 15) is 9.90 Å². The minimum atomic E-state index is -0.555. The van der Waals surface area contributed by atoms with Gasteiger partial charge in [0.15, 0.2) is 0 Å². The lowest BCUT2D eigenvalue weighted by Crippen LogP contribution is -2.29. The molecule has 0 spiro atoms. The molecule has 0 heterocycles. The topological polar surface area (TPSA) is 75.3 Å². The van der Waals surface area contributed by atoms with E-state index in [1.54, 1.807) is 19.1 Å². The van der Waals surface area contributed by atoms with E-state index < -0.39 is 12.1 Å². The number of amides is 1. The number of primary amides is 1. The lowest BCUT2D eigenvalue weighted by molar-refractivity contribution is 0.1000. The van der Waals surface area contributed by atoms with Gasteiger partial charge in [-0.05, 0) is 31.0 Å². The van der Waals surface area contributed by atoms with Crippen LogP contribution in [-0.2, 0) is 0 Å². The van der Waals surface area contributed by atoms with Gasteiger partial charge in [-0.15, -0.1) is 0 Å². The summed E-state index contributed by atoms with van der Waals surface area (Å²) in [5.41, 5.74) is 6.69. The van der Waals surface area contributed by atoms with Gasteiger partial charge in [-0.25, -0.2) is 0 Å². The van der Waals surface area contributed by atoms with Gasteiger partial charge in [-0.2, -0.15) is 0 Å². The summed E-state index contributed by atoms with van der Waals surface area (Å²) in [6.07, 6.45) is 0.307. The van der Waals surface area contributed by atoms with Gasteiger partial charge in [0.1, 0.15) is 6.23 Å². The number of nitrogens with one attached hydrogen (secondary N) is 1. The Balaban J connectivity index is 2.82. The zero-order chi connectivity index (χ0) is 12.1. The number of rotatable bonds is 5. The number of carbonyl (C=O) groups is 1.